The van der Waals surface area contributed by atoms with Crippen LogP contribution in [-0.4, -0.2) is 33.5 Å². The quantitative estimate of drug-likeness (QED) is 0.594. The van der Waals surface area contributed by atoms with E-state index < -0.39 is 0 Å². The highest BCUT2D eigenvalue weighted by Gasteiger charge is 2.13. The van der Waals surface area contributed by atoms with E-state index in [0.717, 1.165) is 27.4 Å². The smallest absolute Gasteiger partial charge is 0.234 e. The minimum absolute atomic E-state index is 0.102. The standard InChI is InChI=1S/C18H17BrN4O2S/c1-12-21-22-18(23(12)15-6-8-16(25-2)9-7-15)26-11-17(24)20-14-5-3-4-13(19)10-14/h3-10H,11H2,1-2H3,(H,20,24). The second-order valence-corrected chi connectivity index (χ2v) is 7.27. The maximum absolute atomic E-state index is 12.2. The molecule has 0 saturated carbocycles. The summed E-state index contributed by atoms with van der Waals surface area (Å²) in [4.78, 5) is 12.2. The van der Waals surface area contributed by atoms with Gasteiger partial charge in [0.2, 0.25) is 5.91 Å². The molecular weight excluding hydrogens is 416 g/mol. The molecular formula is C18H17BrN4O2S. The first kappa shape index (κ1) is 18.5. The number of anilines is 1. The van der Waals surface area contributed by atoms with Gasteiger partial charge >= 0.3 is 0 Å². The van der Waals surface area contributed by atoms with Gasteiger partial charge in [0.25, 0.3) is 0 Å². The van der Waals surface area contributed by atoms with Crippen molar-refractivity contribution in [2.75, 3.05) is 18.2 Å². The molecule has 0 radical (unpaired) electrons. The Labute approximate surface area is 164 Å². The van der Waals surface area contributed by atoms with Crippen LogP contribution in [0.15, 0.2) is 58.2 Å². The van der Waals surface area contributed by atoms with Crippen molar-refractivity contribution < 1.29 is 9.53 Å². The van der Waals surface area contributed by atoms with Crippen molar-refractivity contribution in [2.45, 2.75) is 12.1 Å². The van der Waals surface area contributed by atoms with E-state index in [1.807, 2.05) is 60.0 Å². The number of nitrogens with one attached hydrogen (secondary N) is 1. The van der Waals surface area contributed by atoms with Crippen LogP contribution < -0.4 is 10.1 Å². The molecule has 3 rings (SSSR count). The lowest BCUT2D eigenvalue weighted by atomic mass is 10.3. The van der Waals surface area contributed by atoms with Crippen LogP contribution in [0.1, 0.15) is 5.82 Å². The van der Waals surface area contributed by atoms with E-state index in [1.54, 1.807) is 7.11 Å². The number of carbonyl (C=O) groups excluding carboxylic acids is 1. The summed E-state index contributed by atoms with van der Waals surface area (Å²) in [6, 6.07) is 15.1. The fraction of sp³-hybridized carbons (Fsp3) is 0.167. The van der Waals surface area contributed by atoms with Gasteiger partial charge in [0.15, 0.2) is 5.16 Å². The molecule has 1 N–H and O–H groups in total. The van der Waals surface area contributed by atoms with E-state index in [4.69, 9.17) is 4.74 Å². The van der Waals surface area contributed by atoms with Crippen molar-refractivity contribution in [2.24, 2.45) is 0 Å². The Bertz CT molecular complexity index is 912. The zero-order valence-electron chi connectivity index (χ0n) is 14.3. The molecule has 0 bridgehead atoms. The molecule has 0 atom stereocenters. The molecule has 1 heterocycles. The minimum Gasteiger partial charge on any atom is -0.497 e. The summed E-state index contributed by atoms with van der Waals surface area (Å²) in [6.45, 7) is 1.88. The van der Waals surface area contributed by atoms with E-state index in [2.05, 4.69) is 31.4 Å². The normalized spacial score (nSPS) is 10.6. The number of hydrogen-bond acceptors (Lipinski definition) is 5. The van der Waals surface area contributed by atoms with Gasteiger partial charge < -0.3 is 10.1 Å². The zero-order valence-corrected chi connectivity index (χ0v) is 16.7. The minimum atomic E-state index is -0.102. The number of aryl methyl sites for hydroxylation is 1. The molecule has 0 spiro atoms. The van der Waals surface area contributed by atoms with Crippen LogP contribution in [0.5, 0.6) is 5.75 Å². The third kappa shape index (κ3) is 4.44. The second-order valence-electron chi connectivity index (χ2n) is 5.41. The first-order chi connectivity index (χ1) is 12.6. The Balaban J connectivity index is 1.69. The van der Waals surface area contributed by atoms with Crippen LogP contribution in [0.3, 0.4) is 0 Å². The summed E-state index contributed by atoms with van der Waals surface area (Å²) in [6.07, 6.45) is 0. The number of hydrogen-bond donors (Lipinski definition) is 1. The lowest BCUT2D eigenvalue weighted by Crippen LogP contribution is -2.14. The summed E-state index contributed by atoms with van der Waals surface area (Å²) < 4.78 is 8.02. The summed E-state index contributed by atoms with van der Waals surface area (Å²) in [5.74, 6) is 1.67. The van der Waals surface area contributed by atoms with E-state index in [1.165, 1.54) is 11.8 Å². The van der Waals surface area contributed by atoms with Crippen LogP contribution in [0.4, 0.5) is 5.69 Å². The summed E-state index contributed by atoms with van der Waals surface area (Å²) in [7, 11) is 1.63. The highest BCUT2D eigenvalue weighted by atomic mass is 79.9. The van der Waals surface area contributed by atoms with Gasteiger partial charge in [-0.1, -0.05) is 33.8 Å². The molecule has 0 aliphatic carbocycles. The molecule has 0 saturated heterocycles. The number of ether oxygens (including phenoxy) is 1. The Morgan fingerprint density at radius 2 is 2.00 bits per heavy atom. The lowest BCUT2D eigenvalue weighted by molar-refractivity contribution is -0.113. The summed E-state index contributed by atoms with van der Waals surface area (Å²) in [5, 5.41) is 11.9. The predicted molar refractivity (Wildman–Crippen MR) is 106 cm³/mol. The SMILES string of the molecule is COc1ccc(-n2c(C)nnc2SCC(=O)Nc2cccc(Br)c2)cc1. The van der Waals surface area contributed by atoms with Crippen LogP contribution >= 0.6 is 27.7 Å². The van der Waals surface area contributed by atoms with Crippen molar-refractivity contribution in [1.82, 2.24) is 14.8 Å². The van der Waals surface area contributed by atoms with E-state index in [0.29, 0.717) is 5.16 Å². The van der Waals surface area contributed by atoms with Crippen LogP contribution in [0, 0.1) is 6.92 Å². The molecule has 1 amide bonds. The van der Waals surface area contributed by atoms with Gasteiger partial charge in [-0.3, -0.25) is 9.36 Å². The third-order valence-electron chi connectivity index (χ3n) is 3.57. The molecule has 0 unspecified atom stereocenters. The first-order valence-corrected chi connectivity index (χ1v) is 9.59. The molecule has 0 aliphatic heterocycles. The average molecular weight is 433 g/mol. The monoisotopic (exact) mass is 432 g/mol. The van der Waals surface area contributed by atoms with Crippen LogP contribution in [-0.2, 0) is 4.79 Å². The second kappa shape index (κ2) is 8.37. The molecule has 0 fully saturated rings. The number of benzene rings is 2. The molecule has 3 aromatic rings. The van der Waals surface area contributed by atoms with Crippen molar-refractivity contribution in [3.8, 4) is 11.4 Å². The van der Waals surface area contributed by atoms with Crippen LogP contribution in [0.25, 0.3) is 5.69 Å². The van der Waals surface area contributed by atoms with Crippen molar-refractivity contribution >= 4 is 39.3 Å². The molecule has 134 valence electrons. The Morgan fingerprint density at radius 1 is 1.23 bits per heavy atom. The Kier molecular flexibility index (Phi) is 5.95. The maximum atomic E-state index is 12.2. The fourth-order valence-electron chi connectivity index (χ4n) is 2.36. The number of amides is 1. The zero-order chi connectivity index (χ0) is 18.5. The van der Waals surface area contributed by atoms with Gasteiger partial charge in [-0.15, -0.1) is 10.2 Å². The van der Waals surface area contributed by atoms with Crippen molar-refractivity contribution in [3.63, 3.8) is 0 Å². The van der Waals surface area contributed by atoms with Gasteiger partial charge in [-0.2, -0.15) is 0 Å². The topological polar surface area (TPSA) is 69.0 Å². The summed E-state index contributed by atoms with van der Waals surface area (Å²) >= 11 is 4.73. The third-order valence-corrected chi connectivity index (χ3v) is 4.99. The number of carbonyl (C=O) groups is 1. The Morgan fingerprint density at radius 3 is 2.69 bits per heavy atom. The molecule has 0 aliphatic rings. The highest BCUT2D eigenvalue weighted by molar-refractivity contribution is 9.10. The number of methoxy groups -OCH3 is 1. The predicted octanol–water partition coefficient (Wildman–Crippen LogP) is 4.08. The number of nitrogens with zero attached hydrogens (tertiary/aromatic N) is 3. The average Bonchev–Trinajstić information content (AvgIpc) is 3.00. The van der Waals surface area contributed by atoms with Crippen molar-refractivity contribution in [3.05, 3.63) is 58.8 Å². The van der Waals surface area contributed by atoms with Gasteiger partial charge in [0.1, 0.15) is 11.6 Å². The first-order valence-electron chi connectivity index (χ1n) is 7.81. The number of aromatic nitrogens is 3. The van der Waals surface area contributed by atoms with Gasteiger partial charge in [-0.25, -0.2) is 0 Å². The number of thioether (sulfide) groups is 1. The molecule has 2 aromatic carbocycles. The molecule has 8 heteroatoms. The van der Waals surface area contributed by atoms with E-state index in [-0.39, 0.29) is 11.7 Å². The van der Waals surface area contributed by atoms with Crippen LogP contribution in [0.2, 0.25) is 0 Å². The molecule has 26 heavy (non-hydrogen) atoms. The number of rotatable bonds is 6. The Hall–Kier alpha value is -2.32. The fourth-order valence-corrected chi connectivity index (χ4v) is 3.56. The van der Waals surface area contributed by atoms with Gasteiger partial charge in [-0.05, 0) is 49.4 Å². The maximum Gasteiger partial charge on any atom is 0.234 e. The van der Waals surface area contributed by atoms with Crippen molar-refractivity contribution in [1.29, 1.82) is 0 Å². The van der Waals surface area contributed by atoms with Gasteiger partial charge in [0, 0.05) is 15.8 Å². The number of halogens is 1. The largest absolute Gasteiger partial charge is 0.497 e. The van der Waals surface area contributed by atoms with E-state index >= 15 is 0 Å². The van der Waals surface area contributed by atoms with Gasteiger partial charge in [0.05, 0.1) is 12.9 Å². The van der Waals surface area contributed by atoms with E-state index in [9.17, 15) is 4.79 Å². The molecule has 6 nitrogen and oxygen atoms in total. The molecule has 1 aromatic heterocycles. The lowest BCUT2D eigenvalue weighted by Gasteiger charge is -2.09. The summed E-state index contributed by atoms with van der Waals surface area (Å²) in [5.41, 5.74) is 1.67. The highest BCUT2D eigenvalue weighted by Crippen LogP contribution is 2.24.